The molecule has 37 heavy (non-hydrogen) atoms. The molecule has 0 bridgehead atoms. The predicted octanol–water partition coefficient (Wildman–Crippen LogP) is 4.68. The minimum absolute atomic E-state index is 0.0618. The van der Waals surface area contributed by atoms with Crippen molar-refractivity contribution < 1.29 is 14.3 Å². The molecular formula is C29H27N5O3. The zero-order valence-electron chi connectivity index (χ0n) is 20.5. The van der Waals surface area contributed by atoms with Crippen molar-refractivity contribution in [3.8, 4) is 17.2 Å². The van der Waals surface area contributed by atoms with Crippen LogP contribution in [0.25, 0.3) is 27.9 Å². The van der Waals surface area contributed by atoms with Crippen LogP contribution >= 0.6 is 0 Å². The minimum atomic E-state index is -0.274. The number of anilines is 1. The number of nitrogens with two attached hydrogens (primary N) is 1. The summed E-state index contributed by atoms with van der Waals surface area (Å²) in [6.07, 6.45) is 1.66. The van der Waals surface area contributed by atoms with Gasteiger partial charge in [0.1, 0.15) is 30.1 Å². The average Bonchev–Trinajstić information content (AvgIpc) is 3.21. The van der Waals surface area contributed by atoms with E-state index in [0.717, 1.165) is 18.4 Å². The summed E-state index contributed by atoms with van der Waals surface area (Å²) < 4.78 is 13.2. The molecule has 186 valence electrons. The lowest BCUT2D eigenvalue weighted by molar-refractivity contribution is 0.0941. The number of nitrogen functional groups attached to an aromatic ring is 1. The minimum Gasteiger partial charge on any atom is -0.486 e. The van der Waals surface area contributed by atoms with Crippen molar-refractivity contribution in [1.29, 1.82) is 0 Å². The van der Waals surface area contributed by atoms with E-state index in [1.54, 1.807) is 4.57 Å². The summed E-state index contributed by atoms with van der Waals surface area (Å²) in [6.45, 7) is 2.97. The first-order chi connectivity index (χ1) is 18.1. The number of aromatic nitrogens is 3. The molecular weight excluding hydrogens is 466 g/mol. The third kappa shape index (κ3) is 4.31. The second-order valence-corrected chi connectivity index (χ2v) is 9.21. The summed E-state index contributed by atoms with van der Waals surface area (Å²) in [4.78, 5) is 23.3. The Labute approximate surface area is 214 Å². The number of nitrogens with zero attached hydrogens (tertiary/aromatic N) is 3. The number of aryl methyl sites for hydroxylation is 1. The Hall–Kier alpha value is -4.59. The van der Waals surface area contributed by atoms with Gasteiger partial charge in [-0.25, -0.2) is 9.97 Å². The number of carbonyl (C=O) groups is 1. The number of ether oxygens (including phenoxy) is 2. The number of para-hydroxylation sites is 2. The quantitative estimate of drug-likeness (QED) is 0.356. The molecule has 3 aromatic carbocycles. The molecule has 3 N–H and O–H groups in total. The second-order valence-electron chi connectivity index (χ2n) is 9.21. The van der Waals surface area contributed by atoms with E-state index in [2.05, 4.69) is 17.4 Å². The molecule has 0 aliphatic carbocycles. The van der Waals surface area contributed by atoms with Gasteiger partial charge in [0, 0.05) is 12.1 Å². The molecule has 3 heterocycles. The monoisotopic (exact) mass is 493 g/mol. The maximum atomic E-state index is 13.6. The van der Waals surface area contributed by atoms with Crippen LogP contribution in [0.4, 0.5) is 5.82 Å². The van der Waals surface area contributed by atoms with Gasteiger partial charge in [0.15, 0.2) is 17.1 Å². The van der Waals surface area contributed by atoms with Crippen LogP contribution in [0.2, 0.25) is 0 Å². The van der Waals surface area contributed by atoms with E-state index < -0.39 is 0 Å². The van der Waals surface area contributed by atoms with Crippen molar-refractivity contribution in [2.45, 2.75) is 25.8 Å². The van der Waals surface area contributed by atoms with Crippen LogP contribution in [0.15, 0.2) is 72.8 Å². The van der Waals surface area contributed by atoms with Crippen LogP contribution in [0.5, 0.6) is 11.5 Å². The maximum Gasteiger partial charge on any atom is 0.257 e. The molecule has 6 rings (SSSR count). The number of amides is 1. The Bertz CT molecular complexity index is 1610. The Kier molecular flexibility index (Phi) is 5.84. The first-order valence-electron chi connectivity index (χ1n) is 12.4. The van der Waals surface area contributed by atoms with Crippen molar-refractivity contribution in [3.05, 3.63) is 83.9 Å². The van der Waals surface area contributed by atoms with Gasteiger partial charge in [-0.2, -0.15) is 0 Å². The summed E-state index contributed by atoms with van der Waals surface area (Å²) in [5, 5.41) is 3.12. The SMILES string of the molecule is CC(CCc1ccccc1)NC(=O)c1c(N)n(-c2ccc3c(c2)OCCO3)c2nc3ccccc3nc12. The lowest BCUT2D eigenvalue weighted by atomic mass is 10.1. The normalized spacial score (nSPS) is 13.5. The zero-order valence-corrected chi connectivity index (χ0v) is 20.5. The highest BCUT2D eigenvalue weighted by Gasteiger charge is 2.26. The van der Waals surface area contributed by atoms with Crippen LogP contribution in [0, 0.1) is 0 Å². The Morgan fingerprint density at radius 2 is 1.68 bits per heavy atom. The highest BCUT2D eigenvalue weighted by atomic mass is 16.6. The fraction of sp³-hybridized carbons (Fsp3) is 0.207. The molecule has 0 spiro atoms. The molecule has 1 aliphatic rings. The van der Waals surface area contributed by atoms with E-state index in [1.165, 1.54) is 5.56 Å². The molecule has 1 amide bonds. The topological polar surface area (TPSA) is 104 Å². The van der Waals surface area contributed by atoms with Gasteiger partial charge in [0.05, 0.1) is 16.7 Å². The lowest BCUT2D eigenvalue weighted by Crippen LogP contribution is -2.33. The number of rotatable bonds is 6. The summed E-state index contributed by atoms with van der Waals surface area (Å²) in [7, 11) is 0. The number of hydrogen-bond acceptors (Lipinski definition) is 6. The van der Waals surface area contributed by atoms with Gasteiger partial charge < -0.3 is 20.5 Å². The van der Waals surface area contributed by atoms with Crippen LogP contribution in [0.1, 0.15) is 29.3 Å². The molecule has 0 saturated carbocycles. The van der Waals surface area contributed by atoms with Gasteiger partial charge in [0.25, 0.3) is 5.91 Å². The molecule has 0 fully saturated rings. The molecule has 1 unspecified atom stereocenters. The van der Waals surface area contributed by atoms with Crippen molar-refractivity contribution in [2.24, 2.45) is 0 Å². The number of nitrogens with one attached hydrogen (secondary N) is 1. The first kappa shape index (κ1) is 22.8. The van der Waals surface area contributed by atoms with E-state index in [-0.39, 0.29) is 17.8 Å². The first-order valence-corrected chi connectivity index (χ1v) is 12.4. The summed E-state index contributed by atoms with van der Waals surface area (Å²) in [5.41, 5.74) is 11.3. The Morgan fingerprint density at radius 1 is 0.973 bits per heavy atom. The van der Waals surface area contributed by atoms with E-state index in [9.17, 15) is 4.79 Å². The average molecular weight is 494 g/mol. The van der Waals surface area contributed by atoms with Crippen molar-refractivity contribution in [1.82, 2.24) is 19.9 Å². The van der Waals surface area contributed by atoms with Crippen LogP contribution in [-0.4, -0.2) is 39.7 Å². The molecule has 5 aromatic rings. The zero-order chi connectivity index (χ0) is 25.4. The number of hydrogen-bond donors (Lipinski definition) is 2. The highest BCUT2D eigenvalue weighted by molar-refractivity contribution is 6.11. The standard InChI is InChI=1S/C29H27N5O3/c1-18(11-12-19-7-3-2-4-8-19)31-29(35)25-26-28(33-22-10-6-5-9-21(22)32-26)34(27(25)30)20-13-14-23-24(17-20)37-16-15-36-23/h2-10,13-14,17-18H,11-12,15-16,30H2,1H3,(H,31,35). The van der Waals surface area contributed by atoms with Crippen molar-refractivity contribution in [3.63, 3.8) is 0 Å². The van der Waals surface area contributed by atoms with E-state index >= 15 is 0 Å². The summed E-state index contributed by atoms with van der Waals surface area (Å²) >= 11 is 0. The smallest absolute Gasteiger partial charge is 0.257 e. The molecule has 8 nitrogen and oxygen atoms in total. The third-order valence-electron chi connectivity index (χ3n) is 6.60. The lowest BCUT2D eigenvalue weighted by Gasteiger charge is -2.19. The van der Waals surface area contributed by atoms with Crippen LogP contribution in [-0.2, 0) is 6.42 Å². The fourth-order valence-electron chi connectivity index (χ4n) is 4.71. The van der Waals surface area contributed by atoms with E-state index in [0.29, 0.717) is 52.6 Å². The van der Waals surface area contributed by atoms with Crippen molar-refractivity contribution in [2.75, 3.05) is 18.9 Å². The van der Waals surface area contributed by atoms with Gasteiger partial charge in [-0.05, 0) is 49.6 Å². The van der Waals surface area contributed by atoms with Gasteiger partial charge in [-0.1, -0.05) is 42.5 Å². The fourth-order valence-corrected chi connectivity index (χ4v) is 4.71. The molecule has 8 heteroatoms. The van der Waals surface area contributed by atoms with Crippen LogP contribution < -0.4 is 20.5 Å². The largest absolute Gasteiger partial charge is 0.486 e. The molecule has 1 atom stereocenters. The van der Waals surface area contributed by atoms with Crippen molar-refractivity contribution >= 4 is 33.9 Å². The Balaban J connectivity index is 1.40. The molecule has 0 saturated heterocycles. The predicted molar refractivity (Wildman–Crippen MR) is 143 cm³/mol. The number of benzene rings is 3. The van der Waals surface area contributed by atoms with E-state index in [1.807, 2.05) is 67.6 Å². The van der Waals surface area contributed by atoms with Gasteiger partial charge in [0.2, 0.25) is 0 Å². The van der Waals surface area contributed by atoms with Gasteiger partial charge in [-0.3, -0.25) is 9.36 Å². The number of fused-ring (bicyclic) bond motifs is 3. The number of carbonyl (C=O) groups excluding carboxylic acids is 1. The van der Waals surface area contributed by atoms with Crippen LogP contribution in [0.3, 0.4) is 0 Å². The summed E-state index contributed by atoms with van der Waals surface area (Å²) in [6, 6.07) is 23.3. The molecule has 0 radical (unpaired) electrons. The van der Waals surface area contributed by atoms with Gasteiger partial charge in [-0.15, -0.1) is 0 Å². The molecule has 1 aliphatic heterocycles. The highest BCUT2D eigenvalue weighted by Crippen LogP contribution is 2.36. The van der Waals surface area contributed by atoms with E-state index in [4.69, 9.17) is 25.2 Å². The maximum absolute atomic E-state index is 13.6. The Morgan fingerprint density at radius 3 is 2.46 bits per heavy atom. The third-order valence-corrected chi connectivity index (χ3v) is 6.60. The molecule has 2 aromatic heterocycles. The summed E-state index contributed by atoms with van der Waals surface area (Å²) in [5.74, 6) is 1.30. The second kappa shape index (κ2) is 9.46. The van der Waals surface area contributed by atoms with Gasteiger partial charge >= 0.3 is 0 Å².